The maximum atomic E-state index is 12.2. The van der Waals surface area contributed by atoms with Gasteiger partial charge in [0.1, 0.15) is 5.75 Å². The van der Waals surface area contributed by atoms with Crippen molar-refractivity contribution >= 4 is 55.2 Å². The fourth-order valence-corrected chi connectivity index (χ4v) is 2.92. The molecule has 0 saturated heterocycles. The van der Waals surface area contributed by atoms with E-state index in [2.05, 4.69) is 31.9 Å². The standard InChI is InChI=1S/C17H13Br2ClO4/c1-10(17(22)11-2-4-12(18)5-3-11)24-16(21)9-23-15-7-6-13(20)8-14(15)19/h2-8,10H,9H2,1H3/t10-/m0/s1. The predicted molar refractivity (Wildman–Crippen MR) is 98.7 cm³/mol. The molecule has 0 unspecified atom stereocenters. The molecule has 2 aromatic rings. The normalized spacial score (nSPS) is 11.7. The second-order valence-electron chi connectivity index (χ2n) is 4.87. The zero-order chi connectivity index (χ0) is 17.7. The Morgan fingerprint density at radius 1 is 1.12 bits per heavy atom. The summed E-state index contributed by atoms with van der Waals surface area (Å²) in [6, 6.07) is 11.8. The summed E-state index contributed by atoms with van der Waals surface area (Å²) in [7, 11) is 0. The molecule has 0 aromatic heterocycles. The highest BCUT2D eigenvalue weighted by atomic mass is 79.9. The molecule has 1 atom stereocenters. The molecule has 2 aromatic carbocycles. The van der Waals surface area contributed by atoms with Crippen LogP contribution in [0.2, 0.25) is 5.02 Å². The lowest BCUT2D eigenvalue weighted by atomic mass is 10.1. The van der Waals surface area contributed by atoms with E-state index in [0.717, 1.165) is 4.47 Å². The molecule has 0 aliphatic rings. The van der Waals surface area contributed by atoms with Gasteiger partial charge in [-0.05, 0) is 53.2 Å². The monoisotopic (exact) mass is 474 g/mol. The first-order valence-corrected chi connectivity index (χ1v) is 8.90. The Bertz CT molecular complexity index is 747. The Balaban J connectivity index is 1.89. The van der Waals surface area contributed by atoms with Gasteiger partial charge in [-0.2, -0.15) is 0 Å². The number of rotatable bonds is 6. The quantitative estimate of drug-likeness (QED) is 0.432. The van der Waals surface area contributed by atoms with E-state index >= 15 is 0 Å². The molecule has 0 heterocycles. The summed E-state index contributed by atoms with van der Waals surface area (Å²) in [4.78, 5) is 24.0. The maximum absolute atomic E-state index is 12.2. The lowest BCUT2D eigenvalue weighted by molar-refractivity contribution is -0.148. The van der Waals surface area contributed by atoms with Gasteiger partial charge in [0.05, 0.1) is 4.47 Å². The molecular formula is C17H13Br2ClO4. The molecule has 0 aliphatic carbocycles. The predicted octanol–water partition coefficient (Wildman–Crippen LogP) is 5.06. The molecule has 0 bridgehead atoms. The topological polar surface area (TPSA) is 52.6 Å². The van der Waals surface area contributed by atoms with Gasteiger partial charge in [-0.3, -0.25) is 4.79 Å². The van der Waals surface area contributed by atoms with Gasteiger partial charge < -0.3 is 9.47 Å². The van der Waals surface area contributed by atoms with Crippen LogP contribution in [0.4, 0.5) is 0 Å². The lowest BCUT2D eigenvalue weighted by Crippen LogP contribution is -2.27. The smallest absolute Gasteiger partial charge is 0.344 e. The number of esters is 1. The van der Waals surface area contributed by atoms with Gasteiger partial charge in [-0.25, -0.2) is 4.79 Å². The van der Waals surface area contributed by atoms with E-state index in [4.69, 9.17) is 21.1 Å². The molecular weight excluding hydrogens is 463 g/mol. The molecule has 2 rings (SSSR count). The minimum absolute atomic E-state index is 0.275. The molecule has 0 fully saturated rings. The zero-order valence-corrected chi connectivity index (χ0v) is 16.5. The maximum Gasteiger partial charge on any atom is 0.344 e. The van der Waals surface area contributed by atoms with E-state index in [-0.39, 0.29) is 12.4 Å². The summed E-state index contributed by atoms with van der Waals surface area (Å²) < 4.78 is 12.0. The van der Waals surface area contributed by atoms with Crippen molar-refractivity contribution in [1.29, 1.82) is 0 Å². The highest BCUT2D eigenvalue weighted by Gasteiger charge is 2.20. The van der Waals surface area contributed by atoms with Gasteiger partial charge in [0.2, 0.25) is 5.78 Å². The van der Waals surface area contributed by atoms with Crippen molar-refractivity contribution in [2.24, 2.45) is 0 Å². The van der Waals surface area contributed by atoms with Crippen molar-refractivity contribution in [2.45, 2.75) is 13.0 Å². The number of hydrogen-bond acceptors (Lipinski definition) is 4. The molecule has 0 saturated carbocycles. The summed E-state index contributed by atoms with van der Waals surface area (Å²) in [5, 5.41) is 0.547. The van der Waals surface area contributed by atoms with Crippen LogP contribution < -0.4 is 4.74 Å². The van der Waals surface area contributed by atoms with E-state index < -0.39 is 12.1 Å². The second kappa shape index (κ2) is 8.65. The number of hydrogen-bond donors (Lipinski definition) is 0. The van der Waals surface area contributed by atoms with Gasteiger partial charge in [0.25, 0.3) is 0 Å². The highest BCUT2D eigenvalue weighted by Crippen LogP contribution is 2.27. The van der Waals surface area contributed by atoms with E-state index in [1.165, 1.54) is 6.92 Å². The Kier molecular flexibility index (Phi) is 6.83. The van der Waals surface area contributed by atoms with Gasteiger partial charge in [0, 0.05) is 15.1 Å². The molecule has 4 nitrogen and oxygen atoms in total. The van der Waals surface area contributed by atoms with Crippen molar-refractivity contribution in [1.82, 2.24) is 0 Å². The van der Waals surface area contributed by atoms with E-state index in [1.54, 1.807) is 42.5 Å². The van der Waals surface area contributed by atoms with Crippen molar-refractivity contribution in [3.63, 3.8) is 0 Å². The van der Waals surface area contributed by atoms with E-state index in [1.807, 2.05) is 0 Å². The summed E-state index contributed by atoms with van der Waals surface area (Å²) in [6.45, 7) is 1.22. The van der Waals surface area contributed by atoms with Crippen LogP contribution in [0.15, 0.2) is 51.4 Å². The van der Waals surface area contributed by atoms with Gasteiger partial charge in [-0.15, -0.1) is 0 Å². The lowest BCUT2D eigenvalue weighted by Gasteiger charge is -2.13. The molecule has 0 aliphatic heterocycles. The molecule has 0 amide bonds. The Labute approximate surface area is 161 Å². The summed E-state index contributed by atoms with van der Waals surface area (Å²) in [6.07, 6.45) is -0.893. The summed E-state index contributed by atoms with van der Waals surface area (Å²) in [5.41, 5.74) is 0.472. The Hall–Kier alpha value is -1.37. The van der Waals surface area contributed by atoms with Crippen LogP contribution >= 0.6 is 43.5 Å². The molecule has 24 heavy (non-hydrogen) atoms. The first kappa shape index (κ1) is 19.0. The first-order chi connectivity index (χ1) is 11.4. The number of ketones is 1. The number of halogens is 3. The first-order valence-electron chi connectivity index (χ1n) is 6.94. The number of benzene rings is 2. The molecule has 0 N–H and O–H groups in total. The SMILES string of the molecule is C[C@H](OC(=O)COc1ccc(Cl)cc1Br)C(=O)c1ccc(Br)cc1. The Morgan fingerprint density at radius 2 is 1.79 bits per heavy atom. The number of Topliss-reactive ketones (excluding diaryl/α,β-unsaturated/α-hetero) is 1. The van der Waals surface area contributed by atoms with Crippen LogP contribution in [-0.2, 0) is 9.53 Å². The van der Waals surface area contributed by atoms with Crippen molar-refractivity contribution in [3.8, 4) is 5.75 Å². The van der Waals surface area contributed by atoms with Crippen LogP contribution in [0.1, 0.15) is 17.3 Å². The van der Waals surface area contributed by atoms with E-state index in [0.29, 0.717) is 20.8 Å². The average molecular weight is 477 g/mol. The van der Waals surface area contributed by atoms with Gasteiger partial charge in [0.15, 0.2) is 12.7 Å². The number of carbonyl (C=O) groups is 2. The fraction of sp³-hybridized carbons (Fsp3) is 0.176. The minimum atomic E-state index is -0.893. The van der Waals surface area contributed by atoms with Crippen LogP contribution in [0.5, 0.6) is 5.75 Å². The molecule has 0 radical (unpaired) electrons. The third-order valence-electron chi connectivity index (χ3n) is 3.05. The molecule has 126 valence electrons. The van der Waals surface area contributed by atoms with Crippen LogP contribution in [0.3, 0.4) is 0 Å². The molecule has 7 heteroatoms. The van der Waals surface area contributed by atoms with Crippen LogP contribution in [-0.4, -0.2) is 24.5 Å². The van der Waals surface area contributed by atoms with Crippen LogP contribution in [0, 0.1) is 0 Å². The highest BCUT2D eigenvalue weighted by molar-refractivity contribution is 9.10. The van der Waals surface area contributed by atoms with E-state index in [9.17, 15) is 9.59 Å². The third-order valence-corrected chi connectivity index (χ3v) is 4.43. The minimum Gasteiger partial charge on any atom is -0.481 e. The summed E-state index contributed by atoms with van der Waals surface area (Å²) in [5.74, 6) is -0.443. The van der Waals surface area contributed by atoms with Gasteiger partial charge >= 0.3 is 5.97 Å². The van der Waals surface area contributed by atoms with Crippen LogP contribution in [0.25, 0.3) is 0 Å². The fourth-order valence-electron chi connectivity index (χ4n) is 1.86. The zero-order valence-electron chi connectivity index (χ0n) is 12.6. The Morgan fingerprint density at radius 3 is 2.42 bits per heavy atom. The van der Waals surface area contributed by atoms with Gasteiger partial charge in [-0.1, -0.05) is 39.7 Å². The van der Waals surface area contributed by atoms with Crippen molar-refractivity contribution in [3.05, 3.63) is 62.0 Å². The largest absolute Gasteiger partial charge is 0.481 e. The number of carbonyl (C=O) groups excluding carboxylic acids is 2. The molecule has 0 spiro atoms. The third kappa shape index (κ3) is 5.33. The average Bonchev–Trinajstić information content (AvgIpc) is 2.54. The summed E-state index contributed by atoms with van der Waals surface area (Å²) >= 11 is 12.4. The van der Waals surface area contributed by atoms with Crippen molar-refractivity contribution < 1.29 is 19.1 Å². The van der Waals surface area contributed by atoms with Crippen molar-refractivity contribution in [2.75, 3.05) is 6.61 Å². The second-order valence-corrected chi connectivity index (χ2v) is 7.07. The number of ether oxygens (including phenoxy) is 2.